The highest BCUT2D eigenvalue weighted by molar-refractivity contribution is 6.01. The molecule has 0 saturated carbocycles. The quantitative estimate of drug-likeness (QED) is 0.0271. The number of carbonyl (C=O) groups is 18. The molecular weight excluding hydrogens is 1410 g/mol. The number of carboxylic acids is 4. The van der Waals surface area contributed by atoms with Crippen LogP contribution in [-0.2, 0) is 86.3 Å². The molecule has 2 heterocycles. The lowest BCUT2D eigenvalue weighted by molar-refractivity contribution is -0.408. The smallest absolute Gasteiger partial charge is 0.326 e. The highest BCUT2D eigenvalue weighted by Crippen LogP contribution is 2.27. The molecule has 0 bridgehead atoms. The van der Waals surface area contributed by atoms with Crippen molar-refractivity contribution in [2.45, 2.75) is 283 Å². The van der Waals surface area contributed by atoms with Crippen LogP contribution >= 0.6 is 0 Å². The van der Waals surface area contributed by atoms with Gasteiger partial charge in [0.1, 0.15) is 78.5 Å². The first-order valence-corrected chi connectivity index (χ1v) is 36.1. The number of hydrogen-bond donors (Lipinski definition) is 19. The van der Waals surface area contributed by atoms with E-state index in [-0.39, 0.29) is 62.3 Å². The number of aliphatic carboxylic acids is 4. The van der Waals surface area contributed by atoms with Crippen LogP contribution in [-0.4, -0.2) is 257 Å². The molecule has 39 heteroatoms. The molecule has 16 atom stereocenters. The van der Waals surface area contributed by atoms with Crippen LogP contribution in [0.1, 0.15) is 186 Å². The summed E-state index contributed by atoms with van der Waals surface area (Å²) in [5.41, 5.74) is 9.39. The second-order valence-electron chi connectivity index (χ2n) is 29.0. The monoisotopic (exact) mass is 1520 g/mol. The van der Waals surface area contributed by atoms with Gasteiger partial charge in [0.2, 0.25) is 76.8 Å². The van der Waals surface area contributed by atoms with Crippen LogP contribution in [0.4, 0.5) is 0 Å². The number of aliphatic hydroxyl groups is 2. The van der Waals surface area contributed by atoms with E-state index in [0.29, 0.717) is 32.2 Å². The predicted molar refractivity (Wildman–Crippen MR) is 377 cm³/mol. The Hall–Kier alpha value is -9.66. The molecule has 0 aromatic rings. The second kappa shape index (κ2) is 45.1. The van der Waals surface area contributed by atoms with Gasteiger partial charge in [-0.05, 0) is 115 Å². The first-order valence-electron chi connectivity index (χ1n) is 36.1. The summed E-state index contributed by atoms with van der Waals surface area (Å²) in [5, 5.41) is 85.9. The molecule has 14 amide bonds. The van der Waals surface area contributed by atoms with Gasteiger partial charge in [-0.25, -0.2) is 4.79 Å². The average molecular weight is 1530 g/mol. The molecule has 0 aromatic carbocycles. The Balaban J connectivity index is 2.39. The van der Waals surface area contributed by atoms with E-state index in [2.05, 4.69) is 64.2 Å². The Morgan fingerprint density at radius 1 is 0.402 bits per heavy atom. The number of nitrogens with one attached hydrogen (secondary N) is 11. The van der Waals surface area contributed by atoms with Gasteiger partial charge in [0, 0.05) is 38.8 Å². The van der Waals surface area contributed by atoms with Gasteiger partial charge < -0.3 is 110 Å². The zero-order valence-electron chi connectivity index (χ0n) is 63.0. The molecular formula is C68H114N15O24+. The van der Waals surface area contributed by atoms with Crippen molar-refractivity contribution in [3.8, 4) is 0 Å². The molecule has 0 radical (unpaired) electrons. The number of amides is 14. The highest BCUT2D eigenvalue weighted by Gasteiger charge is 2.46. The molecule has 0 aliphatic carbocycles. The number of aliphatic hydroxyl groups excluding tert-OH is 2. The Morgan fingerprint density at radius 3 is 1.19 bits per heavy atom. The van der Waals surface area contributed by atoms with Crippen LogP contribution in [0, 0.1) is 23.7 Å². The van der Waals surface area contributed by atoms with Crippen LogP contribution in [0.2, 0.25) is 0 Å². The van der Waals surface area contributed by atoms with E-state index in [9.17, 15) is 112 Å². The van der Waals surface area contributed by atoms with Crippen LogP contribution in [0.15, 0.2) is 0 Å². The van der Waals surface area contributed by atoms with Crippen molar-refractivity contribution in [1.29, 1.82) is 0 Å². The SMILES string of the molecule is CC[C@H](NC(=O)[C@@H](NC(=O)[C@H](CC(C)C)NC(=O)[C@H](CC(=O)O)NC(=O)[C@H](CCC(N)=O)NC(=O)[C@H](CCC(=O)O)NC(=O)[C@@H](NC(=O)[C@@H]1CCCN1C(=O)[C@@H]1CCCN1C(=O)[C@@H]([NH3+])CC(C)C)[C@@H](C)O)[C@@H](C)O)C(=O)N[C@@H](CC(C)C)C(=O)N[C@@H](CC(C)C)C(=O)N[C@@H](C)C(=O)N[C@@H](CCC(=O)O)C(=O)O. The molecule has 0 unspecified atom stereocenters. The molecule has 2 fully saturated rings. The number of hydrogen-bond acceptors (Lipinski definition) is 20. The summed E-state index contributed by atoms with van der Waals surface area (Å²) >= 11 is 0. The summed E-state index contributed by atoms with van der Waals surface area (Å²) in [7, 11) is 0. The van der Waals surface area contributed by atoms with Crippen LogP contribution < -0.4 is 70.0 Å². The average Bonchev–Trinajstić information content (AvgIpc) is 1.67. The van der Waals surface area contributed by atoms with Gasteiger partial charge in [0.25, 0.3) is 5.91 Å². The van der Waals surface area contributed by atoms with Gasteiger partial charge in [-0.1, -0.05) is 62.3 Å². The van der Waals surface area contributed by atoms with E-state index in [1.807, 2.05) is 13.8 Å². The number of quaternary nitrogens is 1. The maximum Gasteiger partial charge on any atom is 0.326 e. The van der Waals surface area contributed by atoms with Crippen molar-refractivity contribution in [2.24, 2.45) is 29.4 Å². The number of nitrogens with two attached hydrogens (primary N) is 1. The molecule has 39 nitrogen and oxygen atoms in total. The van der Waals surface area contributed by atoms with Crippen molar-refractivity contribution in [3.63, 3.8) is 0 Å². The Labute approximate surface area is 620 Å². The van der Waals surface area contributed by atoms with E-state index >= 15 is 0 Å². The van der Waals surface area contributed by atoms with Gasteiger partial charge in [0.15, 0.2) is 6.04 Å². The third-order valence-electron chi connectivity index (χ3n) is 17.6. The highest BCUT2D eigenvalue weighted by atomic mass is 16.4. The third kappa shape index (κ3) is 32.1. The van der Waals surface area contributed by atoms with E-state index in [4.69, 9.17) is 10.8 Å². The van der Waals surface area contributed by atoms with Crippen LogP contribution in [0.3, 0.4) is 0 Å². The van der Waals surface area contributed by atoms with E-state index in [0.717, 1.165) is 13.8 Å². The summed E-state index contributed by atoms with van der Waals surface area (Å²) in [4.78, 5) is 243. The number of likely N-dealkylation sites (tertiary alicyclic amines) is 2. The lowest BCUT2D eigenvalue weighted by atomic mass is 9.99. The van der Waals surface area contributed by atoms with Crippen molar-refractivity contribution >= 4 is 107 Å². The maximum absolute atomic E-state index is 14.2. The molecule has 22 N–H and O–H groups in total. The van der Waals surface area contributed by atoms with Crippen molar-refractivity contribution < 1.29 is 123 Å². The molecule has 107 heavy (non-hydrogen) atoms. The first-order chi connectivity index (χ1) is 49.8. The van der Waals surface area contributed by atoms with Gasteiger partial charge in [-0.2, -0.15) is 0 Å². The van der Waals surface area contributed by atoms with Gasteiger partial charge >= 0.3 is 23.9 Å². The van der Waals surface area contributed by atoms with Crippen molar-refractivity contribution in [3.05, 3.63) is 0 Å². The molecule has 2 rings (SSSR count). The standard InChI is InChI=1S/C68H113N15O24/c1-13-39(56(94)76-44(28-33(6)7)60(98)77-43(27-32(4)5)59(97)71-35(10)55(93)75-42(68(106)107)20-23-51(89)90)72-64(102)53(36(11)84)80-62(100)45(29-34(8)9)78-61(99)46(30-52(91)92)79-58(96)40(18-21-49(70)86)73-57(95)41(19-22-50(87)88)74-65(103)54(37(12)85)81-63(101)47-16-14-24-82(47)67(105)48-17-15-25-83(48)66(104)38(69)26-31(2)3/h31-48,53-54,84-85H,13-30,69H2,1-12H3,(H2,70,86)(H,71,97)(H,72,102)(H,73,95)(H,74,103)(H,75,93)(H,76,94)(H,77,98)(H,78,99)(H,79,96)(H,80,100)(H,81,101)(H,87,88)(H,89,90)(H,91,92)(H,106,107)/p+1/t35-,36+,37+,38-,39-,40-,41-,42-,43-,44-,45-,46-,47-,48-,53-,54-/m0/s1. The van der Waals surface area contributed by atoms with Crippen molar-refractivity contribution in [1.82, 2.24) is 68.3 Å². The lowest BCUT2D eigenvalue weighted by Crippen LogP contribution is -2.69. The molecule has 0 spiro atoms. The zero-order valence-corrected chi connectivity index (χ0v) is 63.0. The minimum atomic E-state index is -2.12. The number of carbonyl (C=O) groups excluding carboxylic acids is 14. The van der Waals surface area contributed by atoms with Crippen LogP contribution in [0.5, 0.6) is 0 Å². The summed E-state index contributed by atoms with van der Waals surface area (Å²) in [6.45, 7) is 19.3. The summed E-state index contributed by atoms with van der Waals surface area (Å²) in [5.74, 6) is -20.9. The van der Waals surface area contributed by atoms with Gasteiger partial charge in [-0.3, -0.25) is 81.5 Å². The third-order valence-corrected chi connectivity index (χ3v) is 17.6. The van der Waals surface area contributed by atoms with Gasteiger partial charge in [0.05, 0.1) is 18.6 Å². The molecule has 0 aromatic heterocycles. The predicted octanol–water partition coefficient (Wildman–Crippen LogP) is -5.16. The molecule has 604 valence electrons. The molecule has 2 saturated heterocycles. The number of nitrogens with zero attached hydrogens (tertiary/aromatic N) is 2. The summed E-state index contributed by atoms with van der Waals surface area (Å²) < 4.78 is 0. The Kier molecular flexibility index (Phi) is 39.4. The fourth-order valence-corrected chi connectivity index (χ4v) is 12.0. The topological polar surface area (TPSA) is 621 Å². The van der Waals surface area contributed by atoms with E-state index in [1.165, 1.54) is 23.6 Å². The largest absolute Gasteiger partial charge is 0.481 e. The number of primary amides is 1. The first kappa shape index (κ1) is 93.4. The minimum Gasteiger partial charge on any atom is -0.481 e. The lowest BCUT2D eigenvalue weighted by Gasteiger charge is -2.32. The van der Waals surface area contributed by atoms with E-state index in [1.54, 1.807) is 41.5 Å². The van der Waals surface area contributed by atoms with Gasteiger partial charge in [-0.15, -0.1) is 0 Å². The zero-order chi connectivity index (χ0) is 81.6. The molecule has 2 aliphatic rings. The second-order valence-corrected chi connectivity index (χ2v) is 29.0. The summed E-state index contributed by atoms with van der Waals surface area (Å²) in [6.07, 6.45) is -7.23. The number of carboxylic acid groups (broad SMARTS) is 4. The Morgan fingerprint density at radius 2 is 0.757 bits per heavy atom. The van der Waals surface area contributed by atoms with Crippen LogP contribution in [0.25, 0.3) is 0 Å². The Bertz CT molecular complexity index is 3170. The number of rotatable bonds is 47. The molecule has 2 aliphatic heterocycles. The normalized spacial score (nSPS) is 18.2. The van der Waals surface area contributed by atoms with Crippen molar-refractivity contribution in [2.75, 3.05) is 13.1 Å². The minimum absolute atomic E-state index is 0.00174. The fraction of sp³-hybridized carbons (Fsp3) is 0.735. The summed E-state index contributed by atoms with van der Waals surface area (Å²) in [6, 6.07) is -21.3. The maximum atomic E-state index is 14.2. The fourth-order valence-electron chi connectivity index (χ4n) is 12.0. The van der Waals surface area contributed by atoms with E-state index < -0.39 is 248 Å².